The predicted molar refractivity (Wildman–Crippen MR) is 67.2 cm³/mol. The van der Waals surface area contributed by atoms with Gasteiger partial charge in [0.15, 0.2) is 0 Å². The topological polar surface area (TPSA) is 29.7 Å². The number of rotatable bonds is 1. The maximum Gasteiger partial charge on any atom is 0.332 e. The van der Waals surface area contributed by atoms with Gasteiger partial charge in [0.1, 0.15) is 11.4 Å². The van der Waals surface area contributed by atoms with Crippen molar-refractivity contribution in [2.75, 3.05) is 0 Å². The first kappa shape index (κ1) is 11.7. The van der Waals surface area contributed by atoms with Crippen LogP contribution in [0.15, 0.2) is 18.2 Å². The van der Waals surface area contributed by atoms with Gasteiger partial charge in [0, 0.05) is 12.6 Å². The fraction of sp³-hybridized carbons (Fsp3) is 0.357. The van der Waals surface area contributed by atoms with Crippen molar-refractivity contribution in [2.45, 2.75) is 34.6 Å². The van der Waals surface area contributed by atoms with E-state index in [1.54, 1.807) is 0 Å². The molecular formula is C14H18N3+. The first-order chi connectivity index (χ1) is 7.97. The molecule has 0 amide bonds. The van der Waals surface area contributed by atoms with E-state index >= 15 is 0 Å². The summed E-state index contributed by atoms with van der Waals surface area (Å²) >= 11 is 0. The fourth-order valence-electron chi connectivity index (χ4n) is 2.28. The highest BCUT2D eigenvalue weighted by molar-refractivity contribution is 5.20. The Labute approximate surface area is 102 Å². The lowest BCUT2D eigenvalue weighted by atomic mass is 10.2. The van der Waals surface area contributed by atoms with E-state index in [-0.39, 0.29) is 0 Å². The van der Waals surface area contributed by atoms with Crippen molar-refractivity contribution in [3.8, 4) is 5.82 Å². The molecule has 17 heavy (non-hydrogen) atoms. The van der Waals surface area contributed by atoms with E-state index in [9.17, 15) is 0 Å². The highest BCUT2D eigenvalue weighted by Crippen LogP contribution is 2.07. The molecule has 0 radical (unpaired) electrons. The van der Waals surface area contributed by atoms with Gasteiger partial charge in [-0.3, -0.25) is 0 Å². The van der Waals surface area contributed by atoms with Crippen molar-refractivity contribution < 1.29 is 4.57 Å². The Morgan fingerprint density at radius 3 is 1.94 bits per heavy atom. The van der Waals surface area contributed by atoms with E-state index in [4.69, 9.17) is 0 Å². The molecule has 3 heteroatoms. The zero-order valence-corrected chi connectivity index (χ0v) is 11.1. The van der Waals surface area contributed by atoms with Gasteiger partial charge < -0.3 is 0 Å². The fourth-order valence-corrected chi connectivity index (χ4v) is 2.28. The number of pyridine rings is 1. The van der Waals surface area contributed by atoms with Crippen LogP contribution < -0.4 is 4.57 Å². The molecule has 0 fully saturated rings. The number of aryl methyl sites for hydroxylation is 5. The van der Waals surface area contributed by atoms with Gasteiger partial charge in [-0.25, -0.2) is 4.98 Å². The molecule has 0 aliphatic rings. The predicted octanol–water partition coefficient (Wildman–Crippen LogP) is 2.30. The van der Waals surface area contributed by atoms with Crippen LogP contribution in [0.2, 0.25) is 0 Å². The van der Waals surface area contributed by atoms with Crippen LogP contribution in [-0.2, 0) is 0 Å². The molecule has 2 rings (SSSR count). The third-order valence-corrected chi connectivity index (χ3v) is 2.76. The molecule has 0 unspecified atom stereocenters. The molecule has 3 nitrogen and oxygen atoms in total. The van der Waals surface area contributed by atoms with Crippen LogP contribution in [0.3, 0.4) is 0 Å². The van der Waals surface area contributed by atoms with Crippen LogP contribution in [0.25, 0.3) is 5.82 Å². The Morgan fingerprint density at radius 2 is 1.41 bits per heavy atom. The van der Waals surface area contributed by atoms with Gasteiger partial charge in [0.25, 0.3) is 0 Å². The molecule has 0 bridgehead atoms. The number of hydrogen-bond acceptors (Lipinski definition) is 2. The summed E-state index contributed by atoms with van der Waals surface area (Å²) in [6, 6.07) is 6.35. The number of hydrogen-bond donors (Lipinski definition) is 0. The van der Waals surface area contributed by atoms with Crippen molar-refractivity contribution >= 4 is 0 Å². The van der Waals surface area contributed by atoms with Gasteiger partial charge in [-0.05, 0) is 50.4 Å². The lowest BCUT2D eigenvalue weighted by Crippen LogP contribution is -2.39. The molecule has 0 saturated carbocycles. The van der Waals surface area contributed by atoms with Gasteiger partial charge in [0.05, 0.1) is 6.07 Å². The molecule has 88 valence electrons. The average Bonchev–Trinajstić information content (AvgIpc) is 2.13. The van der Waals surface area contributed by atoms with Gasteiger partial charge in [0.2, 0.25) is 5.82 Å². The lowest BCUT2D eigenvalue weighted by Gasteiger charge is -2.07. The van der Waals surface area contributed by atoms with Crippen LogP contribution in [-0.4, -0.2) is 9.97 Å². The van der Waals surface area contributed by atoms with Gasteiger partial charge in [-0.2, -0.15) is 4.57 Å². The molecule has 2 aromatic rings. The molecule has 0 aliphatic carbocycles. The zero-order valence-electron chi connectivity index (χ0n) is 11.1. The zero-order chi connectivity index (χ0) is 12.6. The molecule has 0 atom stereocenters. The molecule has 0 N–H and O–H groups in total. The molecule has 0 spiro atoms. The molecule has 2 heterocycles. The van der Waals surface area contributed by atoms with Gasteiger partial charge in [-0.1, -0.05) is 0 Å². The Bertz CT molecular complexity index is 530. The average molecular weight is 228 g/mol. The van der Waals surface area contributed by atoms with Crippen LogP contribution in [0.5, 0.6) is 0 Å². The first-order valence-corrected chi connectivity index (χ1v) is 5.80. The van der Waals surface area contributed by atoms with E-state index in [0.29, 0.717) is 0 Å². The molecule has 0 saturated heterocycles. The summed E-state index contributed by atoms with van der Waals surface area (Å²) in [5.74, 6) is 1.76. The van der Waals surface area contributed by atoms with Crippen molar-refractivity contribution in [3.05, 3.63) is 46.7 Å². The summed E-state index contributed by atoms with van der Waals surface area (Å²) in [4.78, 5) is 8.82. The van der Waals surface area contributed by atoms with Crippen LogP contribution in [0, 0.1) is 34.6 Å². The van der Waals surface area contributed by atoms with Crippen molar-refractivity contribution in [1.29, 1.82) is 0 Å². The SMILES string of the molecule is Cc1cc(C)[n+](-c2cc(C)nc(C)n2)c(C)c1. The summed E-state index contributed by atoms with van der Waals surface area (Å²) in [6.45, 7) is 10.2. The summed E-state index contributed by atoms with van der Waals surface area (Å²) in [5.41, 5.74) is 4.66. The monoisotopic (exact) mass is 228 g/mol. The highest BCUT2D eigenvalue weighted by Gasteiger charge is 2.16. The van der Waals surface area contributed by atoms with Crippen LogP contribution in [0.4, 0.5) is 0 Å². The summed E-state index contributed by atoms with van der Waals surface area (Å²) in [5, 5.41) is 0. The van der Waals surface area contributed by atoms with Gasteiger partial charge in [-0.15, -0.1) is 0 Å². The second-order valence-electron chi connectivity index (χ2n) is 4.57. The molecular weight excluding hydrogens is 210 g/mol. The Kier molecular flexibility index (Phi) is 2.92. The Balaban J connectivity index is 2.68. The minimum absolute atomic E-state index is 0.812. The summed E-state index contributed by atoms with van der Waals surface area (Å²) < 4.78 is 2.16. The third kappa shape index (κ3) is 2.33. The minimum Gasteiger partial charge on any atom is -0.215 e. The second kappa shape index (κ2) is 4.24. The lowest BCUT2D eigenvalue weighted by molar-refractivity contribution is -0.613. The second-order valence-corrected chi connectivity index (χ2v) is 4.57. The smallest absolute Gasteiger partial charge is 0.215 e. The van der Waals surface area contributed by atoms with Gasteiger partial charge >= 0.3 is 5.82 Å². The maximum atomic E-state index is 4.51. The van der Waals surface area contributed by atoms with E-state index in [1.165, 1.54) is 17.0 Å². The van der Waals surface area contributed by atoms with E-state index < -0.39 is 0 Å². The number of nitrogens with zero attached hydrogens (tertiary/aromatic N) is 3. The molecule has 2 aromatic heterocycles. The summed E-state index contributed by atoms with van der Waals surface area (Å²) in [6.07, 6.45) is 0. The standard InChI is InChI=1S/C14H18N3/c1-9-6-11(3)17(12(4)7-9)14-8-10(2)15-13(5)16-14/h6-8H,1-5H3/q+1. The third-order valence-electron chi connectivity index (χ3n) is 2.76. The van der Waals surface area contributed by atoms with Crippen molar-refractivity contribution in [2.24, 2.45) is 0 Å². The van der Waals surface area contributed by atoms with Crippen molar-refractivity contribution in [3.63, 3.8) is 0 Å². The van der Waals surface area contributed by atoms with Crippen LogP contribution in [0.1, 0.15) is 28.5 Å². The van der Waals surface area contributed by atoms with Crippen molar-refractivity contribution in [1.82, 2.24) is 9.97 Å². The Hall–Kier alpha value is -1.77. The highest BCUT2D eigenvalue weighted by atomic mass is 15.1. The normalized spacial score (nSPS) is 10.6. The minimum atomic E-state index is 0.812. The van der Waals surface area contributed by atoms with E-state index in [2.05, 4.69) is 47.4 Å². The van der Waals surface area contributed by atoms with E-state index in [1.807, 2.05) is 19.9 Å². The molecule has 0 aliphatic heterocycles. The maximum absolute atomic E-state index is 4.51. The number of aromatic nitrogens is 3. The first-order valence-electron chi connectivity index (χ1n) is 5.80. The quantitative estimate of drug-likeness (QED) is 0.701. The van der Waals surface area contributed by atoms with E-state index in [0.717, 1.165) is 17.3 Å². The summed E-state index contributed by atoms with van der Waals surface area (Å²) in [7, 11) is 0. The van der Waals surface area contributed by atoms with Crippen LogP contribution >= 0.6 is 0 Å². The largest absolute Gasteiger partial charge is 0.332 e. The molecule has 0 aromatic carbocycles. The Morgan fingerprint density at radius 1 is 0.824 bits per heavy atom.